The van der Waals surface area contributed by atoms with Gasteiger partial charge >= 0.3 is 0 Å². The van der Waals surface area contributed by atoms with Gasteiger partial charge in [0.05, 0.1) is 5.52 Å². The Hall–Kier alpha value is -1.65. The smallest absolute Gasteiger partial charge is 0.132 e. The summed E-state index contributed by atoms with van der Waals surface area (Å²) in [6.45, 7) is 9.99. The quantitative estimate of drug-likeness (QED) is 0.407. The normalized spacial score (nSPS) is 12.3. The Morgan fingerprint density at radius 3 is 2.57 bits per heavy atom. The molecule has 28 heavy (non-hydrogen) atoms. The van der Waals surface area contributed by atoms with Crippen LogP contribution in [0.2, 0.25) is 0 Å². The van der Waals surface area contributed by atoms with Gasteiger partial charge in [-0.2, -0.15) is 0 Å². The van der Waals surface area contributed by atoms with Crippen molar-refractivity contribution in [2.75, 3.05) is 12.3 Å². The number of thiophene rings is 1. The second-order valence-corrected chi connectivity index (χ2v) is 10.0. The van der Waals surface area contributed by atoms with Gasteiger partial charge in [-0.1, -0.05) is 31.9 Å². The third kappa shape index (κ3) is 5.45. The number of hydrogen-bond acceptors (Lipinski definition) is 4. The van der Waals surface area contributed by atoms with Crippen LogP contribution in [-0.4, -0.2) is 17.1 Å². The van der Waals surface area contributed by atoms with Gasteiger partial charge in [0, 0.05) is 25.9 Å². The van der Waals surface area contributed by atoms with Gasteiger partial charge in [0.25, 0.3) is 0 Å². The highest BCUT2D eigenvalue weighted by molar-refractivity contribution is 7.20. The molecule has 0 spiro atoms. The highest BCUT2D eigenvalue weighted by Crippen LogP contribution is 2.36. The van der Waals surface area contributed by atoms with Crippen molar-refractivity contribution in [1.82, 2.24) is 10.3 Å². The van der Waals surface area contributed by atoms with Gasteiger partial charge in [0.15, 0.2) is 0 Å². The predicted octanol–water partition coefficient (Wildman–Crippen LogP) is 6.48. The van der Waals surface area contributed by atoms with E-state index in [1.165, 1.54) is 52.6 Å². The second kappa shape index (κ2) is 9.23. The molecular formula is C24H35N3S. The average Bonchev–Trinajstić information content (AvgIpc) is 3.07. The zero-order valence-corrected chi connectivity index (χ0v) is 18.7. The summed E-state index contributed by atoms with van der Waals surface area (Å²) in [6, 6.07) is 9.01. The summed E-state index contributed by atoms with van der Waals surface area (Å²) in [5.41, 5.74) is 8.92. The Morgan fingerprint density at radius 2 is 1.82 bits per heavy atom. The van der Waals surface area contributed by atoms with Gasteiger partial charge in [0.1, 0.15) is 5.82 Å². The third-order valence-electron chi connectivity index (χ3n) is 5.18. The molecule has 0 aliphatic carbocycles. The number of anilines is 1. The van der Waals surface area contributed by atoms with Gasteiger partial charge in [0.2, 0.25) is 0 Å². The lowest BCUT2D eigenvalue weighted by Gasteiger charge is -2.20. The van der Waals surface area contributed by atoms with Crippen molar-refractivity contribution in [3.8, 4) is 0 Å². The molecule has 0 aliphatic rings. The summed E-state index contributed by atoms with van der Waals surface area (Å²) >= 11 is 1.89. The van der Waals surface area contributed by atoms with Crippen molar-refractivity contribution in [3.05, 3.63) is 34.7 Å². The largest absolute Gasteiger partial charge is 0.383 e. The lowest BCUT2D eigenvalue weighted by Crippen LogP contribution is -2.36. The number of rotatable bonds is 9. The van der Waals surface area contributed by atoms with E-state index < -0.39 is 0 Å². The van der Waals surface area contributed by atoms with E-state index >= 15 is 0 Å². The lowest BCUT2D eigenvalue weighted by molar-refractivity contribution is 0.417. The molecule has 0 amide bonds. The summed E-state index contributed by atoms with van der Waals surface area (Å²) in [5, 5.41) is 5.93. The first-order chi connectivity index (χ1) is 13.4. The minimum atomic E-state index is 0.216. The van der Waals surface area contributed by atoms with Crippen LogP contribution in [0.3, 0.4) is 0 Å². The highest BCUT2D eigenvalue weighted by Gasteiger charge is 2.11. The molecule has 2 aromatic heterocycles. The maximum absolute atomic E-state index is 6.29. The SMILES string of the molecule is CCCCc1cc2c(N)nc3cc(CCCCCNC(C)(C)C)ccc3c2s1. The van der Waals surface area contributed by atoms with E-state index in [0.29, 0.717) is 5.82 Å². The molecule has 0 atom stereocenters. The van der Waals surface area contributed by atoms with Gasteiger partial charge in [-0.3, -0.25) is 0 Å². The second-order valence-electron chi connectivity index (χ2n) is 8.90. The number of pyridine rings is 1. The number of fused-ring (bicyclic) bond motifs is 3. The first kappa shape index (κ1) is 21.1. The lowest BCUT2D eigenvalue weighted by atomic mass is 10.0. The molecule has 0 bridgehead atoms. The third-order valence-corrected chi connectivity index (χ3v) is 6.41. The zero-order chi connectivity index (χ0) is 20.1. The van der Waals surface area contributed by atoms with Crippen molar-refractivity contribution < 1.29 is 0 Å². The molecule has 152 valence electrons. The van der Waals surface area contributed by atoms with Gasteiger partial charge in [-0.05, 0) is 77.1 Å². The molecule has 3 aromatic rings. The Balaban J connectivity index is 1.67. The molecule has 3 nitrogen and oxygen atoms in total. The topological polar surface area (TPSA) is 50.9 Å². The van der Waals surface area contributed by atoms with E-state index in [0.717, 1.165) is 30.3 Å². The summed E-state index contributed by atoms with van der Waals surface area (Å²) < 4.78 is 1.30. The maximum Gasteiger partial charge on any atom is 0.132 e. The molecular weight excluding hydrogens is 362 g/mol. The van der Waals surface area contributed by atoms with Crippen molar-refractivity contribution in [1.29, 1.82) is 0 Å². The van der Waals surface area contributed by atoms with Crippen LogP contribution in [0.5, 0.6) is 0 Å². The predicted molar refractivity (Wildman–Crippen MR) is 125 cm³/mol. The molecule has 4 heteroatoms. The first-order valence-corrected chi connectivity index (χ1v) is 11.5. The summed E-state index contributed by atoms with van der Waals surface area (Å²) in [4.78, 5) is 6.14. The molecule has 0 radical (unpaired) electrons. The zero-order valence-electron chi connectivity index (χ0n) is 17.9. The Morgan fingerprint density at radius 1 is 1.00 bits per heavy atom. The number of benzene rings is 1. The standard InChI is InChI=1S/C24H35N3S/c1-5-6-11-18-16-20-22(28-18)19-13-12-17(15-21(19)27-23(20)25)10-8-7-9-14-26-24(2,3)4/h12-13,15-16,26H,5-11,14H2,1-4H3,(H2,25,27). The molecule has 2 heterocycles. The van der Waals surface area contributed by atoms with E-state index in [-0.39, 0.29) is 5.54 Å². The number of nitrogen functional groups attached to an aromatic ring is 1. The van der Waals surface area contributed by atoms with Crippen LogP contribution in [0.4, 0.5) is 5.82 Å². The fourth-order valence-corrected chi connectivity index (χ4v) is 4.85. The number of nitrogens with zero attached hydrogens (tertiary/aromatic N) is 1. The monoisotopic (exact) mass is 397 g/mol. The van der Waals surface area contributed by atoms with E-state index in [4.69, 9.17) is 10.7 Å². The molecule has 0 aliphatic heterocycles. The Labute approximate surface area is 173 Å². The van der Waals surface area contributed by atoms with Crippen LogP contribution in [0.15, 0.2) is 24.3 Å². The Kier molecular flexibility index (Phi) is 6.95. The molecule has 0 unspecified atom stereocenters. The summed E-state index contributed by atoms with van der Waals surface area (Å²) in [6.07, 6.45) is 8.39. The molecule has 3 N–H and O–H groups in total. The number of nitrogens with two attached hydrogens (primary N) is 1. The van der Waals surface area contributed by atoms with Gasteiger partial charge < -0.3 is 11.1 Å². The number of hydrogen-bond donors (Lipinski definition) is 2. The van der Waals surface area contributed by atoms with Crippen molar-refractivity contribution >= 4 is 38.1 Å². The van der Waals surface area contributed by atoms with Crippen molar-refractivity contribution in [2.45, 2.75) is 78.2 Å². The van der Waals surface area contributed by atoms with E-state index in [1.54, 1.807) is 0 Å². The van der Waals surface area contributed by atoms with Crippen LogP contribution >= 0.6 is 11.3 Å². The molecule has 0 fully saturated rings. The van der Waals surface area contributed by atoms with E-state index in [1.807, 2.05) is 11.3 Å². The number of unbranched alkanes of at least 4 members (excludes halogenated alkanes) is 3. The van der Waals surface area contributed by atoms with Gasteiger partial charge in [-0.25, -0.2) is 4.98 Å². The molecule has 0 saturated heterocycles. The fourth-order valence-electron chi connectivity index (χ4n) is 3.61. The summed E-state index contributed by atoms with van der Waals surface area (Å²) in [5.74, 6) is 0.673. The number of aromatic nitrogens is 1. The van der Waals surface area contributed by atoms with Crippen LogP contribution in [0.25, 0.3) is 21.0 Å². The fraction of sp³-hybridized carbons (Fsp3) is 0.542. The van der Waals surface area contributed by atoms with Crippen LogP contribution in [-0.2, 0) is 12.8 Å². The minimum absolute atomic E-state index is 0.216. The molecule has 0 saturated carbocycles. The summed E-state index contributed by atoms with van der Waals surface area (Å²) in [7, 11) is 0. The number of aryl methyl sites for hydroxylation is 2. The van der Waals surface area contributed by atoms with E-state index in [2.05, 4.69) is 57.3 Å². The maximum atomic E-state index is 6.29. The van der Waals surface area contributed by atoms with Crippen molar-refractivity contribution in [2.24, 2.45) is 0 Å². The minimum Gasteiger partial charge on any atom is -0.383 e. The number of nitrogens with one attached hydrogen (secondary N) is 1. The van der Waals surface area contributed by atoms with Crippen molar-refractivity contribution in [3.63, 3.8) is 0 Å². The van der Waals surface area contributed by atoms with Crippen LogP contribution in [0, 0.1) is 0 Å². The molecule has 3 rings (SSSR count). The molecule has 1 aromatic carbocycles. The van der Waals surface area contributed by atoms with Gasteiger partial charge in [-0.15, -0.1) is 11.3 Å². The highest BCUT2D eigenvalue weighted by atomic mass is 32.1. The van der Waals surface area contributed by atoms with Crippen LogP contribution < -0.4 is 11.1 Å². The Bertz CT molecular complexity index is 921. The first-order valence-electron chi connectivity index (χ1n) is 10.7. The van der Waals surface area contributed by atoms with E-state index in [9.17, 15) is 0 Å². The average molecular weight is 398 g/mol. The van der Waals surface area contributed by atoms with Crippen LogP contribution in [0.1, 0.15) is 70.2 Å².